The van der Waals surface area contributed by atoms with Gasteiger partial charge in [0.15, 0.2) is 0 Å². The van der Waals surface area contributed by atoms with Crippen molar-refractivity contribution in [1.82, 2.24) is 9.88 Å². The Kier molecular flexibility index (Phi) is 5.28. The van der Waals surface area contributed by atoms with E-state index in [1.807, 2.05) is 0 Å². The predicted octanol–water partition coefficient (Wildman–Crippen LogP) is 2.77. The van der Waals surface area contributed by atoms with Gasteiger partial charge in [-0.15, -0.1) is 0 Å². The van der Waals surface area contributed by atoms with Crippen LogP contribution in [0.4, 0.5) is 4.39 Å². The van der Waals surface area contributed by atoms with E-state index in [0.29, 0.717) is 12.1 Å². The molecule has 1 unspecified atom stereocenters. The van der Waals surface area contributed by atoms with E-state index >= 15 is 0 Å². The second-order valence-electron chi connectivity index (χ2n) is 5.40. The van der Waals surface area contributed by atoms with Crippen LogP contribution in [0.2, 0.25) is 0 Å². The molecule has 1 heterocycles. The van der Waals surface area contributed by atoms with Crippen molar-refractivity contribution >= 4 is 0 Å². The summed E-state index contributed by atoms with van der Waals surface area (Å²) in [5, 5.41) is 10.0. The molecule has 1 saturated carbocycles. The highest BCUT2D eigenvalue weighted by molar-refractivity contribution is 5.07. The molecule has 4 heteroatoms. The largest absolute Gasteiger partial charge is 0.387 e. The van der Waals surface area contributed by atoms with Gasteiger partial charge < -0.3 is 10.0 Å². The molecular weight excluding hydrogens is 243 g/mol. The molecule has 0 radical (unpaired) electrons. The van der Waals surface area contributed by atoms with E-state index in [4.69, 9.17) is 0 Å². The van der Waals surface area contributed by atoms with Crippen LogP contribution in [0.5, 0.6) is 0 Å². The molecule has 0 spiro atoms. The molecule has 0 bridgehead atoms. The van der Waals surface area contributed by atoms with E-state index in [2.05, 4.69) is 16.8 Å². The van der Waals surface area contributed by atoms with Crippen LogP contribution in [0.1, 0.15) is 44.4 Å². The summed E-state index contributed by atoms with van der Waals surface area (Å²) in [6, 6.07) is 2.90. The first-order valence-corrected chi connectivity index (χ1v) is 7.21. The van der Waals surface area contributed by atoms with Crippen LogP contribution in [0, 0.1) is 11.7 Å². The normalized spacial score (nSPS) is 17.5. The van der Waals surface area contributed by atoms with Gasteiger partial charge in [-0.05, 0) is 43.9 Å². The number of halogens is 1. The van der Waals surface area contributed by atoms with Gasteiger partial charge in [-0.2, -0.15) is 0 Å². The molecule has 1 aromatic rings. The van der Waals surface area contributed by atoms with E-state index in [1.165, 1.54) is 25.3 Å². The number of rotatable bonds is 7. The maximum absolute atomic E-state index is 12.8. The Morgan fingerprint density at radius 1 is 1.47 bits per heavy atom. The topological polar surface area (TPSA) is 36.4 Å². The van der Waals surface area contributed by atoms with Crippen molar-refractivity contribution in [1.29, 1.82) is 0 Å². The number of nitrogens with zero attached hydrogens (tertiary/aromatic N) is 2. The van der Waals surface area contributed by atoms with E-state index < -0.39 is 6.10 Å². The van der Waals surface area contributed by atoms with Gasteiger partial charge in [0.05, 0.1) is 18.0 Å². The average molecular weight is 266 g/mol. The van der Waals surface area contributed by atoms with Crippen molar-refractivity contribution in [2.24, 2.45) is 5.92 Å². The minimum Gasteiger partial charge on any atom is -0.387 e. The van der Waals surface area contributed by atoms with Crippen molar-refractivity contribution < 1.29 is 9.50 Å². The highest BCUT2D eigenvalue weighted by Crippen LogP contribution is 2.27. The quantitative estimate of drug-likeness (QED) is 0.824. The van der Waals surface area contributed by atoms with Gasteiger partial charge in [-0.3, -0.25) is 4.98 Å². The van der Waals surface area contributed by atoms with Crippen molar-refractivity contribution in [3.05, 3.63) is 29.8 Å². The standard InChI is InChI=1S/C15H23FN2O/c1-2-18(11-12-4-3-5-12)9-8-15(19)14-7-6-13(16)10-17-14/h6-7,10,12,15,19H,2-5,8-9,11H2,1H3. The third-order valence-electron chi connectivity index (χ3n) is 4.00. The van der Waals surface area contributed by atoms with Gasteiger partial charge in [0.1, 0.15) is 5.82 Å². The highest BCUT2D eigenvalue weighted by Gasteiger charge is 2.20. The first-order chi connectivity index (χ1) is 9.19. The molecule has 106 valence electrons. The molecule has 0 saturated heterocycles. The number of hydrogen-bond acceptors (Lipinski definition) is 3. The second-order valence-corrected chi connectivity index (χ2v) is 5.40. The second kappa shape index (κ2) is 6.96. The van der Waals surface area contributed by atoms with Crippen LogP contribution in [0.15, 0.2) is 18.3 Å². The minimum atomic E-state index is -0.601. The fraction of sp³-hybridized carbons (Fsp3) is 0.667. The number of pyridine rings is 1. The number of aliphatic hydroxyl groups is 1. The monoisotopic (exact) mass is 266 g/mol. The zero-order chi connectivity index (χ0) is 13.7. The lowest BCUT2D eigenvalue weighted by molar-refractivity contribution is 0.123. The van der Waals surface area contributed by atoms with Crippen LogP contribution < -0.4 is 0 Å². The lowest BCUT2D eigenvalue weighted by Gasteiger charge is -2.32. The Morgan fingerprint density at radius 3 is 2.79 bits per heavy atom. The number of aliphatic hydroxyl groups excluding tert-OH is 1. The lowest BCUT2D eigenvalue weighted by atomic mass is 9.85. The molecule has 2 rings (SSSR count). The highest BCUT2D eigenvalue weighted by atomic mass is 19.1. The van der Waals surface area contributed by atoms with Crippen LogP contribution in [-0.4, -0.2) is 34.6 Å². The van der Waals surface area contributed by atoms with Crippen LogP contribution >= 0.6 is 0 Å². The van der Waals surface area contributed by atoms with Crippen LogP contribution in [-0.2, 0) is 0 Å². The molecule has 0 aliphatic heterocycles. The van der Waals surface area contributed by atoms with Gasteiger partial charge >= 0.3 is 0 Å². The Morgan fingerprint density at radius 2 is 2.26 bits per heavy atom. The van der Waals surface area contributed by atoms with Crippen molar-refractivity contribution in [2.45, 2.75) is 38.7 Å². The summed E-state index contributed by atoms with van der Waals surface area (Å²) < 4.78 is 12.8. The molecule has 1 aromatic heterocycles. The van der Waals surface area contributed by atoms with Gasteiger partial charge in [0.2, 0.25) is 0 Å². The summed E-state index contributed by atoms with van der Waals surface area (Å²) in [4.78, 5) is 6.31. The van der Waals surface area contributed by atoms with E-state index in [9.17, 15) is 9.50 Å². The number of hydrogen-bond donors (Lipinski definition) is 1. The molecule has 3 nitrogen and oxygen atoms in total. The Bertz CT molecular complexity index is 378. The summed E-state index contributed by atoms with van der Waals surface area (Å²) in [6.45, 7) is 5.18. The fourth-order valence-corrected chi connectivity index (χ4v) is 2.46. The van der Waals surface area contributed by atoms with Gasteiger partial charge in [-0.25, -0.2) is 4.39 Å². The fourth-order valence-electron chi connectivity index (χ4n) is 2.46. The Balaban J connectivity index is 1.77. The third-order valence-corrected chi connectivity index (χ3v) is 4.00. The first-order valence-electron chi connectivity index (χ1n) is 7.21. The van der Waals surface area contributed by atoms with Gasteiger partial charge in [0, 0.05) is 13.1 Å². The molecular formula is C15H23FN2O. The van der Waals surface area contributed by atoms with Crippen molar-refractivity contribution in [3.8, 4) is 0 Å². The molecule has 1 aliphatic carbocycles. The minimum absolute atomic E-state index is 0.365. The molecule has 0 aromatic carbocycles. The van der Waals surface area contributed by atoms with Crippen molar-refractivity contribution in [2.75, 3.05) is 19.6 Å². The Hall–Kier alpha value is -1.00. The van der Waals surface area contributed by atoms with Crippen molar-refractivity contribution in [3.63, 3.8) is 0 Å². The first kappa shape index (κ1) is 14.4. The maximum atomic E-state index is 12.8. The summed E-state index contributed by atoms with van der Waals surface area (Å²) in [5.41, 5.74) is 0.557. The number of aromatic nitrogens is 1. The van der Waals surface area contributed by atoms with Gasteiger partial charge in [0.25, 0.3) is 0 Å². The van der Waals surface area contributed by atoms with Gasteiger partial charge in [-0.1, -0.05) is 13.3 Å². The smallest absolute Gasteiger partial charge is 0.141 e. The lowest BCUT2D eigenvalue weighted by Crippen LogP contribution is -2.33. The molecule has 1 atom stereocenters. The summed E-state index contributed by atoms with van der Waals surface area (Å²) in [5.74, 6) is 0.483. The molecule has 0 amide bonds. The molecule has 19 heavy (non-hydrogen) atoms. The van der Waals surface area contributed by atoms with E-state index in [0.717, 1.165) is 31.7 Å². The molecule has 1 fully saturated rings. The van der Waals surface area contributed by atoms with Crippen LogP contribution in [0.25, 0.3) is 0 Å². The SMILES string of the molecule is CCN(CCC(O)c1ccc(F)cn1)CC1CCC1. The summed E-state index contributed by atoms with van der Waals surface area (Å²) >= 11 is 0. The van der Waals surface area contributed by atoms with E-state index in [-0.39, 0.29) is 5.82 Å². The van der Waals surface area contributed by atoms with E-state index in [1.54, 1.807) is 6.07 Å². The van der Waals surface area contributed by atoms with Crippen LogP contribution in [0.3, 0.4) is 0 Å². The average Bonchev–Trinajstić information content (AvgIpc) is 2.37. The third kappa shape index (κ3) is 4.25. The summed E-state index contributed by atoms with van der Waals surface area (Å²) in [6.07, 6.45) is 5.27. The molecule has 1 N–H and O–H groups in total. The zero-order valence-electron chi connectivity index (χ0n) is 11.6. The molecule has 1 aliphatic rings. The maximum Gasteiger partial charge on any atom is 0.141 e. The summed E-state index contributed by atoms with van der Waals surface area (Å²) in [7, 11) is 0. The predicted molar refractivity (Wildman–Crippen MR) is 73.2 cm³/mol. The Labute approximate surface area is 114 Å². The zero-order valence-corrected chi connectivity index (χ0v) is 11.6.